The number of benzene rings is 2. The Morgan fingerprint density at radius 1 is 0.817 bits per heavy atom. The van der Waals surface area contributed by atoms with Gasteiger partial charge in [0.1, 0.15) is 60.4 Å². The lowest BCUT2D eigenvalue weighted by Gasteiger charge is -2.43. The molecule has 0 radical (unpaired) electrons. The predicted molar refractivity (Wildman–Crippen MR) is 260 cm³/mol. The minimum Gasteiger partial charge on any atom is -0.508 e. The van der Waals surface area contributed by atoms with Gasteiger partial charge in [0.05, 0.1) is 0 Å². The zero-order chi connectivity index (χ0) is 52.7. The first-order valence-electron chi connectivity index (χ1n) is 24.4. The summed E-state index contributed by atoms with van der Waals surface area (Å²) in [6, 6.07) is 4.10. The largest absolute Gasteiger partial charge is 0.508 e. The van der Waals surface area contributed by atoms with Gasteiger partial charge in [-0.2, -0.15) is 0 Å². The zero-order valence-corrected chi connectivity index (χ0v) is 41.9. The molecule has 2 unspecified atom stereocenters. The number of nitrogens with one attached hydrogen (secondary N) is 6. The van der Waals surface area contributed by atoms with E-state index in [0.29, 0.717) is 17.5 Å². The van der Waals surface area contributed by atoms with E-state index in [1.807, 2.05) is 0 Å². The summed E-state index contributed by atoms with van der Waals surface area (Å²) in [5.74, 6) is -7.89. The molecular weight excluding hydrogens is 919 g/mol. The monoisotopic (exact) mass is 992 g/mol. The topological polar surface area (TPSA) is 308 Å². The highest BCUT2D eigenvalue weighted by molar-refractivity contribution is 5.98. The van der Waals surface area contributed by atoms with E-state index in [1.165, 1.54) is 26.1 Å². The lowest BCUT2D eigenvalue weighted by atomic mass is 9.94. The Bertz CT molecular complexity index is 2190. The molecule has 21 heteroatoms. The maximum absolute atomic E-state index is 15.1. The summed E-state index contributed by atoms with van der Waals surface area (Å²) in [5, 5.41) is 37.6. The number of hydrogen-bond acceptors (Lipinski definition) is 12. The van der Waals surface area contributed by atoms with Crippen LogP contribution in [0.25, 0.3) is 0 Å². The SMILES string of the molecule is CCC(C)[C@@H]1NC(=O)[C@H](Cc2ccc(O)cc2)N(C)C(=O)[C@H](Cc2ccccc2)N2C(=O)C(CC[C@@H]2O)NC(=O)[C@H](CC(C)C)NC(=O)[C@@H](NC(=O)[C@H](CCCNC(N)=O)NC(=O)C(C)C)[C@@H](C)OC1=O. The van der Waals surface area contributed by atoms with Crippen LogP contribution in [0.1, 0.15) is 98.1 Å². The Labute approximate surface area is 415 Å². The number of hydrogen-bond donors (Lipinski definition) is 9. The molecular formula is C50H73N9O12. The fraction of sp³-hybridized carbons (Fsp3) is 0.580. The first-order valence-corrected chi connectivity index (χ1v) is 24.4. The van der Waals surface area contributed by atoms with Crippen LogP contribution in [0.15, 0.2) is 54.6 Å². The Morgan fingerprint density at radius 3 is 2.06 bits per heavy atom. The molecule has 0 aliphatic carbocycles. The van der Waals surface area contributed by atoms with Crippen molar-refractivity contribution in [2.75, 3.05) is 13.6 Å². The molecule has 2 bridgehead atoms. The molecule has 9 amide bonds. The molecule has 0 aromatic heterocycles. The normalized spacial score (nSPS) is 24.8. The van der Waals surface area contributed by atoms with Crippen molar-refractivity contribution in [1.29, 1.82) is 0 Å². The minimum absolute atomic E-state index is 0.0246. The number of nitrogens with two attached hydrogens (primary N) is 1. The van der Waals surface area contributed by atoms with Crippen LogP contribution in [0.4, 0.5) is 4.79 Å². The van der Waals surface area contributed by atoms with Crippen LogP contribution in [0.3, 0.4) is 0 Å². The van der Waals surface area contributed by atoms with E-state index in [1.54, 1.807) is 84.0 Å². The Hall–Kier alpha value is -6.77. The van der Waals surface area contributed by atoms with Gasteiger partial charge in [-0.3, -0.25) is 33.6 Å². The second kappa shape index (κ2) is 26.4. The first-order chi connectivity index (χ1) is 33.5. The molecule has 0 saturated carbocycles. The van der Waals surface area contributed by atoms with Crippen molar-refractivity contribution in [3.8, 4) is 5.75 Å². The second-order valence-corrected chi connectivity index (χ2v) is 19.2. The summed E-state index contributed by atoms with van der Waals surface area (Å²) >= 11 is 0. The third-order valence-corrected chi connectivity index (χ3v) is 12.9. The Balaban J connectivity index is 1.88. The number of aromatic hydroxyl groups is 1. The maximum Gasteiger partial charge on any atom is 0.329 e. The molecule has 2 aromatic carbocycles. The number of ether oxygens (including phenoxy) is 1. The molecule has 2 fully saturated rings. The van der Waals surface area contributed by atoms with Crippen LogP contribution in [0.2, 0.25) is 0 Å². The van der Waals surface area contributed by atoms with Crippen molar-refractivity contribution in [2.45, 2.75) is 154 Å². The highest BCUT2D eigenvalue weighted by Gasteiger charge is 2.46. The standard InChI is InChI=1S/C50H73N9O12/c1-9-29(6)40-49(69)71-30(7)41(57-43(63)34(53-42(62)28(4)5)16-13-23-52-50(51)70)46(66)55-36(24-27(2)3)44(64)54-35-21-22-39(61)59(47(35)67)38(26-31-14-11-10-12-15-31)48(68)58(8)37(45(65)56-40)25-32-17-19-33(60)20-18-32/h10-12,14-15,17-20,27-30,34-41,60-61H,9,13,16,21-26H2,1-8H3,(H,53,62)(H,54,64)(H,55,66)(H,56,65)(H,57,63)(H3,51,52,70)/t29?,30-,34+,35?,36+,37+,38+,39+,40+,41+/m1/s1. The van der Waals surface area contributed by atoms with Crippen molar-refractivity contribution in [3.05, 3.63) is 65.7 Å². The number of cyclic esters (lactones) is 1. The molecule has 2 saturated heterocycles. The van der Waals surface area contributed by atoms with E-state index in [-0.39, 0.29) is 63.2 Å². The number of carbonyl (C=O) groups excluding carboxylic acids is 9. The van der Waals surface area contributed by atoms with Crippen molar-refractivity contribution in [2.24, 2.45) is 23.5 Å². The number of piperidine rings is 1. The Kier molecular flexibility index (Phi) is 21.2. The lowest BCUT2D eigenvalue weighted by molar-refractivity contribution is -0.165. The number of aliphatic hydroxyl groups excluding tert-OH is 1. The molecule has 4 rings (SSSR count). The van der Waals surface area contributed by atoms with Crippen LogP contribution in [0.5, 0.6) is 5.75 Å². The number of rotatable bonds is 16. The predicted octanol–water partition coefficient (Wildman–Crippen LogP) is 0.880. The van der Waals surface area contributed by atoms with Crippen molar-refractivity contribution in [1.82, 2.24) is 41.7 Å². The third-order valence-electron chi connectivity index (χ3n) is 12.9. The average Bonchev–Trinajstić information content (AvgIpc) is 3.32. The van der Waals surface area contributed by atoms with Gasteiger partial charge in [0.2, 0.25) is 41.4 Å². The highest BCUT2D eigenvalue weighted by atomic mass is 16.5. The fourth-order valence-electron chi connectivity index (χ4n) is 8.45. The summed E-state index contributed by atoms with van der Waals surface area (Å²) in [6.07, 6.45) is -2.83. The highest BCUT2D eigenvalue weighted by Crippen LogP contribution is 2.26. The summed E-state index contributed by atoms with van der Waals surface area (Å²) in [5.41, 5.74) is 6.35. The van der Waals surface area contributed by atoms with E-state index in [0.717, 1.165) is 9.80 Å². The Morgan fingerprint density at radius 2 is 1.45 bits per heavy atom. The van der Waals surface area contributed by atoms with E-state index in [4.69, 9.17) is 10.5 Å². The van der Waals surface area contributed by atoms with E-state index < -0.39 is 120 Å². The summed E-state index contributed by atoms with van der Waals surface area (Å²) < 4.78 is 5.97. The van der Waals surface area contributed by atoms with Crippen molar-refractivity contribution < 1.29 is 58.1 Å². The number of primary amides is 1. The number of phenolic OH excluding ortho intramolecular Hbond substituents is 1. The second-order valence-electron chi connectivity index (χ2n) is 19.2. The molecule has 0 spiro atoms. The van der Waals surface area contributed by atoms with Gasteiger partial charge >= 0.3 is 12.0 Å². The van der Waals surface area contributed by atoms with Crippen LogP contribution in [-0.2, 0) is 55.9 Å². The van der Waals surface area contributed by atoms with Gasteiger partial charge in [-0.1, -0.05) is 90.4 Å². The maximum atomic E-state index is 15.1. The summed E-state index contributed by atoms with van der Waals surface area (Å²) in [7, 11) is 1.37. The molecule has 390 valence electrons. The number of likely N-dealkylation sites (N-methyl/N-ethyl adjacent to an activating group) is 1. The number of phenols is 1. The van der Waals surface area contributed by atoms with E-state index >= 15 is 4.79 Å². The molecule has 2 aliphatic rings. The van der Waals surface area contributed by atoms with Crippen molar-refractivity contribution >= 4 is 53.4 Å². The summed E-state index contributed by atoms with van der Waals surface area (Å²) in [4.78, 5) is 129. The molecule has 2 heterocycles. The van der Waals surface area contributed by atoms with Crippen LogP contribution >= 0.6 is 0 Å². The zero-order valence-electron chi connectivity index (χ0n) is 41.9. The minimum atomic E-state index is -1.72. The van der Waals surface area contributed by atoms with E-state index in [2.05, 4.69) is 31.9 Å². The smallest absolute Gasteiger partial charge is 0.329 e. The van der Waals surface area contributed by atoms with Crippen LogP contribution in [0, 0.1) is 17.8 Å². The van der Waals surface area contributed by atoms with Crippen LogP contribution in [-0.4, -0.2) is 142 Å². The lowest BCUT2D eigenvalue weighted by Crippen LogP contribution is -2.65. The van der Waals surface area contributed by atoms with Gasteiger partial charge < -0.3 is 62.4 Å². The first kappa shape index (κ1) is 56.8. The molecule has 10 N–H and O–H groups in total. The quantitative estimate of drug-likeness (QED) is 0.0837. The summed E-state index contributed by atoms with van der Waals surface area (Å²) in [6.45, 7) is 11.7. The number of amides is 9. The van der Waals surface area contributed by atoms with Crippen molar-refractivity contribution in [3.63, 3.8) is 0 Å². The number of nitrogens with zero attached hydrogens (tertiary/aromatic N) is 2. The number of esters is 1. The molecule has 2 aromatic rings. The number of fused-ring (bicyclic) bond motifs is 2. The van der Waals surface area contributed by atoms with Gasteiger partial charge in [-0.05, 0) is 74.1 Å². The molecule has 2 aliphatic heterocycles. The molecule has 21 nitrogen and oxygen atoms in total. The molecule has 10 atom stereocenters. The van der Waals surface area contributed by atoms with Gasteiger partial charge in [0.25, 0.3) is 0 Å². The van der Waals surface area contributed by atoms with Gasteiger partial charge in [-0.15, -0.1) is 0 Å². The fourth-order valence-corrected chi connectivity index (χ4v) is 8.45. The molecule has 71 heavy (non-hydrogen) atoms. The number of carbonyl (C=O) groups is 9. The average molecular weight is 992 g/mol. The van der Waals surface area contributed by atoms with E-state index in [9.17, 15) is 48.6 Å². The third kappa shape index (κ3) is 16.1. The number of aliphatic hydroxyl groups is 1. The van der Waals surface area contributed by atoms with Gasteiger partial charge in [0.15, 0.2) is 0 Å². The number of urea groups is 1. The van der Waals surface area contributed by atoms with Gasteiger partial charge in [-0.25, -0.2) is 9.59 Å². The van der Waals surface area contributed by atoms with Gasteiger partial charge in [0, 0.05) is 32.4 Å². The van der Waals surface area contributed by atoms with Crippen LogP contribution < -0.4 is 37.6 Å².